The number of hydrogen-bond donors (Lipinski definition) is 2. The van der Waals surface area contributed by atoms with Crippen molar-refractivity contribution in [2.45, 2.75) is 26.2 Å². The van der Waals surface area contributed by atoms with Crippen LogP contribution in [-0.4, -0.2) is 31.3 Å². The minimum atomic E-state index is -0.836. The smallest absolute Gasteiger partial charge is 0.317 e. The summed E-state index contributed by atoms with van der Waals surface area (Å²) in [6, 6.07) is 6.05. The SMILES string of the molecule is COc1ccc(C(C)(C)CNCC(=O)O)cc1C. The minimum Gasteiger partial charge on any atom is -0.496 e. The second-order valence-electron chi connectivity index (χ2n) is 5.07. The molecule has 2 N–H and O–H groups in total. The standard InChI is InChI=1S/C14H21NO3/c1-10-7-11(5-6-12(10)18-4)14(2,3)9-15-8-13(16)17/h5-7,15H,8-9H2,1-4H3,(H,16,17). The molecule has 4 nitrogen and oxygen atoms in total. The molecule has 0 saturated heterocycles. The summed E-state index contributed by atoms with van der Waals surface area (Å²) in [6.45, 7) is 6.78. The molecule has 0 spiro atoms. The maximum Gasteiger partial charge on any atom is 0.317 e. The number of carboxylic acids is 1. The van der Waals surface area contributed by atoms with E-state index in [9.17, 15) is 4.79 Å². The highest BCUT2D eigenvalue weighted by molar-refractivity contribution is 5.69. The van der Waals surface area contributed by atoms with Crippen molar-refractivity contribution in [3.05, 3.63) is 29.3 Å². The van der Waals surface area contributed by atoms with Crippen LogP contribution in [0.25, 0.3) is 0 Å². The van der Waals surface area contributed by atoms with E-state index in [0.29, 0.717) is 6.54 Å². The number of rotatable bonds is 6. The molecule has 0 unspecified atom stereocenters. The van der Waals surface area contributed by atoms with Crippen LogP contribution in [0.15, 0.2) is 18.2 Å². The molecule has 100 valence electrons. The van der Waals surface area contributed by atoms with E-state index in [4.69, 9.17) is 9.84 Å². The first-order valence-electron chi connectivity index (χ1n) is 5.94. The molecule has 0 aliphatic rings. The van der Waals surface area contributed by atoms with Gasteiger partial charge in [0.1, 0.15) is 5.75 Å². The molecular weight excluding hydrogens is 230 g/mol. The van der Waals surface area contributed by atoms with Crippen LogP contribution in [0.1, 0.15) is 25.0 Å². The van der Waals surface area contributed by atoms with E-state index in [1.165, 1.54) is 5.56 Å². The van der Waals surface area contributed by atoms with E-state index in [1.54, 1.807) is 7.11 Å². The summed E-state index contributed by atoms with van der Waals surface area (Å²) in [5, 5.41) is 11.6. The van der Waals surface area contributed by atoms with E-state index in [1.807, 2.05) is 19.1 Å². The second kappa shape index (κ2) is 5.87. The summed E-state index contributed by atoms with van der Waals surface area (Å²) < 4.78 is 5.23. The number of methoxy groups -OCH3 is 1. The Morgan fingerprint density at radius 2 is 2.11 bits per heavy atom. The van der Waals surface area contributed by atoms with Gasteiger partial charge in [-0.15, -0.1) is 0 Å². The third-order valence-electron chi connectivity index (χ3n) is 3.02. The summed E-state index contributed by atoms with van der Waals surface area (Å²) in [4.78, 5) is 10.5. The number of hydrogen-bond acceptors (Lipinski definition) is 3. The molecule has 0 heterocycles. The van der Waals surface area contributed by atoms with Crippen molar-refractivity contribution in [1.29, 1.82) is 0 Å². The molecule has 0 aliphatic heterocycles. The third kappa shape index (κ3) is 3.74. The van der Waals surface area contributed by atoms with Gasteiger partial charge in [-0.3, -0.25) is 4.79 Å². The summed E-state index contributed by atoms with van der Waals surface area (Å²) in [7, 11) is 1.65. The lowest BCUT2D eigenvalue weighted by Crippen LogP contribution is -2.35. The number of nitrogens with one attached hydrogen (secondary N) is 1. The average Bonchev–Trinajstić information content (AvgIpc) is 2.28. The maximum absolute atomic E-state index is 10.5. The Morgan fingerprint density at radius 3 is 2.61 bits per heavy atom. The summed E-state index contributed by atoms with van der Waals surface area (Å²) in [5.41, 5.74) is 2.13. The van der Waals surface area contributed by atoms with E-state index >= 15 is 0 Å². The van der Waals surface area contributed by atoms with E-state index < -0.39 is 5.97 Å². The summed E-state index contributed by atoms with van der Waals surface area (Å²) in [5.74, 6) is 0.0322. The van der Waals surface area contributed by atoms with Crippen molar-refractivity contribution in [3.8, 4) is 5.75 Å². The largest absolute Gasteiger partial charge is 0.496 e. The highest BCUT2D eigenvalue weighted by atomic mass is 16.5. The Labute approximate surface area is 108 Å². The van der Waals surface area contributed by atoms with Crippen LogP contribution in [0.2, 0.25) is 0 Å². The molecule has 0 bridgehead atoms. The number of carboxylic acid groups (broad SMARTS) is 1. The zero-order valence-corrected chi connectivity index (χ0v) is 11.4. The summed E-state index contributed by atoms with van der Waals surface area (Å²) >= 11 is 0. The number of carbonyl (C=O) groups is 1. The van der Waals surface area contributed by atoms with Crippen molar-refractivity contribution < 1.29 is 14.6 Å². The lowest BCUT2D eigenvalue weighted by Gasteiger charge is -2.26. The average molecular weight is 251 g/mol. The first-order chi connectivity index (χ1) is 8.36. The highest BCUT2D eigenvalue weighted by Gasteiger charge is 2.21. The topological polar surface area (TPSA) is 58.6 Å². The molecule has 1 rings (SSSR count). The van der Waals surface area contributed by atoms with Gasteiger partial charge in [0.2, 0.25) is 0 Å². The van der Waals surface area contributed by atoms with Crippen LogP contribution in [0.3, 0.4) is 0 Å². The normalized spacial score (nSPS) is 11.3. The second-order valence-corrected chi connectivity index (χ2v) is 5.07. The van der Waals surface area contributed by atoms with Crippen LogP contribution in [0.5, 0.6) is 5.75 Å². The lowest BCUT2D eigenvalue weighted by atomic mass is 9.83. The Balaban J connectivity index is 2.77. The van der Waals surface area contributed by atoms with Gasteiger partial charge in [-0.05, 0) is 24.1 Å². The fourth-order valence-electron chi connectivity index (χ4n) is 1.88. The fraction of sp³-hybridized carbons (Fsp3) is 0.500. The van der Waals surface area contributed by atoms with Gasteiger partial charge in [0.05, 0.1) is 13.7 Å². The lowest BCUT2D eigenvalue weighted by molar-refractivity contribution is -0.136. The van der Waals surface area contributed by atoms with Crippen molar-refractivity contribution in [1.82, 2.24) is 5.32 Å². The van der Waals surface area contributed by atoms with E-state index in [2.05, 4.69) is 25.2 Å². The number of benzene rings is 1. The van der Waals surface area contributed by atoms with Crippen molar-refractivity contribution in [2.75, 3.05) is 20.2 Å². The molecule has 0 saturated carbocycles. The molecule has 18 heavy (non-hydrogen) atoms. The number of ether oxygens (including phenoxy) is 1. The Kier molecular flexibility index (Phi) is 4.73. The first-order valence-corrected chi connectivity index (χ1v) is 5.94. The van der Waals surface area contributed by atoms with Gasteiger partial charge >= 0.3 is 5.97 Å². The Morgan fingerprint density at radius 1 is 1.44 bits per heavy atom. The van der Waals surface area contributed by atoms with Crippen molar-refractivity contribution in [2.24, 2.45) is 0 Å². The predicted octanol–water partition coefficient (Wildman–Crippen LogP) is 1.96. The van der Waals surface area contributed by atoms with Crippen LogP contribution in [-0.2, 0) is 10.2 Å². The molecule has 1 aromatic rings. The zero-order valence-electron chi connectivity index (χ0n) is 11.4. The molecule has 0 atom stereocenters. The van der Waals surface area contributed by atoms with Gasteiger partial charge in [0.15, 0.2) is 0 Å². The van der Waals surface area contributed by atoms with Crippen LogP contribution in [0, 0.1) is 6.92 Å². The molecule has 0 aromatic heterocycles. The monoisotopic (exact) mass is 251 g/mol. The van der Waals surface area contributed by atoms with Gasteiger partial charge in [-0.1, -0.05) is 26.0 Å². The van der Waals surface area contributed by atoms with Crippen LogP contribution < -0.4 is 10.1 Å². The van der Waals surface area contributed by atoms with E-state index in [0.717, 1.165) is 11.3 Å². The molecular formula is C14H21NO3. The van der Waals surface area contributed by atoms with Crippen molar-refractivity contribution >= 4 is 5.97 Å². The Bertz CT molecular complexity index is 427. The van der Waals surface area contributed by atoms with Crippen LogP contribution in [0.4, 0.5) is 0 Å². The minimum absolute atomic E-state index is 0.0153. The van der Waals surface area contributed by atoms with Gasteiger partial charge < -0.3 is 15.2 Å². The Hall–Kier alpha value is -1.55. The molecule has 1 aromatic carbocycles. The maximum atomic E-state index is 10.5. The van der Waals surface area contributed by atoms with Gasteiger partial charge in [-0.25, -0.2) is 0 Å². The highest BCUT2D eigenvalue weighted by Crippen LogP contribution is 2.27. The van der Waals surface area contributed by atoms with E-state index in [-0.39, 0.29) is 12.0 Å². The molecule has 0 radical (unpaired) electrons. The van der Waals surface area contributed by atoms with Gasteiger partial charge in [-0.2, -0.15) is 0 Å². The predicted molar refractivity (Wildman–Crippen MR) is 71.3 cm³/mol. The third-order valence-corrected chi connectivity index (χ3v) is 3.02. The van der Waals surface area contributed by atoms with Gasteiger partial charge in [0, 0.05) is 12.0 Å². The molecule has 0 amide bonds. The summed E-state index contributed by atoms with van der Waals surface area (Å²) in [6.07, 6.45) is 0. The van der Waals surface area contributed by atoms with Gasteiger partial charge in [0.25, 0.3) is 0 Å². The number of aliphatic carboxylic acids is 1. The fourth-order valence-corrected chi connectivity index (χ4v) is 1.88. The van der Waals surface area contributed by atoms with Crippen LogP contribution >= 0.6 is 0 Å². The quantitative estimate of drug-likeness (QED) is 0.811. The number of aryl methyl sites for hydroxylation is 1. The zero-order chi connectivity index (χ0) is 13.8. The van der Waals surface area contributed by atoms with Crippen molar-refractivity contribution in [3.63, 3.8) is 0 Å². The molecule has 0 aliphatic carbocycles. The molecule has 4 heteroatoms. The molecule has 0 fully saturated rings. The first kappa shape index (κ1) is 14.5.